The zero-order valence-electron chi connectivity index (χ0n) is 12.3. The lowest BCUT2D eigenvalue weighted by Gasteiger charge is -2.22. The number of nitrogens with one attached hydrogen (secondary N) is 1. The van der Waals surface area contributed by atoms with Crippen molar-refractivity contribution in [1.82, 2.24) is 9.97 Å². The van der Waals surface area contributed by atoms with Crippen LogP contribution in [0.25, 0.3) is 0 Å². The van der Waals surface area contributed by atoms with Crippen molar-refractivity contribution < 1.29 is 4.79 Å². The molecule has 0 saturated heterocycles. The van der Waals surface area contributed by atoms with Crippen molar-refractivity contribution in [3.63, 3.8) is 0 Å². The van der Waals surface area contributed by atoms with E-state index in [-0.39, 0.29) is 23.7 Å². The third-order valence-electron chi connectivity index (χ3n) is 3.53. The van der Waals surface area contributed by atoms with Gasteiger partial charge in [0.1, 0.15) is 5.82 Å². The molecular weight excluding hydrogens is 276 g/mol. The molecule has 1 amide bonds. The summed E-state index contributed by atoms with van der Waals surface area (Å²) in [6, 6.07) is 0. The predicted molar refractivity (Wildman–Crippen MR) is 82.0 cm³/mol. The van der Waals surface area contributed by atoms with Crippen molar-refractivity contribution in [3.8, 4) is 0 Å². The minimum absolute atomic E-state index is 0. The first kappa shape index (κ1) is 16.9. The maximum Gasteiger partial charge on any atom is 0.244 e. The van der Waals surface area contributed by atoms with Crippen LogP contribution >= 0.6 is 12.4 Å². The second kappa shape index (κ2) is 6.06. The van der Waals surface area contributed by atoms with Gasteiger partial charge in [-0.2, -0.15) is 0 Å². The van der Waals surface area contributed by atoms with Gasteiger partial charge in [0.05, 0.1) is 23.6 Å². The van der Waals surface area contributed by atoms with Gasteiger partial charge in [0.25, 0.3) is 0 Å². The molecule has 1 aromatic rings. The fourth-order valence-electron chi connectivity index (χ4n) is 2.27. The molecule has 6 heteroatoms. The number of carbonyl (C=O) groups excluding carboxylic acids is 1. The van der Waals surface area contributed by atoms with Crippen LogP contribution in [0.4, 0.5) is 5.69 Å². The zero-order chi connectivity index (χ0) is 14.1. The quantitative estimate of drug-likeness (QED) is 0.878. The van der Waals surface area contributed by atoms with Gasteiger partial charge >= 0.3 is 0 Å². The van der Waals surface area contributed by atoms with Crippen molar-refractivity contribution in [2.45, 2.75) is 57.4 Å². The highest BCUT2D eigenvalue weighted by Gasteiger charge is 2.37. The number of carbonyl (C=O) groups is 1. The molecule has 3 N–H and O–H groups in total. The van der Waals surface area contributed by atoms with Gasteiger partial charge in [-0.1, -0.05) is 33.6 Å². The molecule has 112 valence electrons. The fraction of sp³-hybridized carbons (Fsp3) is 0.643. The number of halogens is 1. The lowest BCUT2D eigenvalue weighted by Crippen LogP contribution is -2.48. The standard InChI is InChI=1S/C14H22N4O.ClH/c1-13(2,3)11-16-8-10(9-17-11)18-12(19)14(15)6-4-5-7-14;/h8-9H,4-7,15H2,1-3H3,(H,18,19);1H. The Labute approximate surface area is 126 Å². The molecule has 0 aromatic carbocycles. The molecule has 1 aliphatic carbocycles. The van der Waals surface area contributed by atoms with Crippen molar-refractivity contribution in [2.75, 3.05) is 5.32 Å². The summed E-state index contributed by atoms with van der Waals surface area (Å²) in [6.07, 6.45) is 6.82. The summed E-state index contributed by atoms with van der Waals surface area (Å²) in [5.41, 5.74) is 5.89. The maximum absolute atomic E-state index is 12.1. The molecule has 2 rings (SSSR count). The predicted octanol–water partition coefficient (Wildman–Crippen LogP) is 2.41. The van der Waals surface area contributed by atoms with Crippen molar-refractivity contribution >= 4 is 24.0 Å². The Bertz CT molecular complexity index is 461. The fourth-order valence-corrected chi connectivity index (χ4v) is 2.27. The molecule has 0 spiro atoms. The summed E-state index contributed by atoms with van der Waals surface area (Å²) in [4.78, 5) is 20.7. The first-order valence-electron chi connectivity index (χ1n) is 6.74. The molecule has 0 atom stereocenters. The molecule has 1 saturated carbocycles. The van der Waals surface area contributed by atoms with Crippen LogP contribution in [0.3, 0.4) is 0 Å². The summed E-state index contributed by atoms with van der Waals surface area (Å²) >= 11 is 0. The Morgan fingerprint density at radius 1 is 1.25 bits per heavy atom. The van der Waals surface area contributed by atoms with E-state index in [1.54, 1.807) is 12.4 Å². The summed E-state index contributed by atoms with van der Waals surface area (Å²) in [6.45, 7) is 6.15. The van der Waals surface area contributed by atoms with Crippen LogP contribution in [0.1, 0.15) is 52.3 Å². The van der Waals surface area contributed by atoms with Crippen LogP contribution in [0.15, 0.2) is 12.4 Å². The summed E-state index contributed by atoms with van der Waals surface area (Å²) in [5, 5.41) is 2.81. The molecule has 0 radical (unpaired) electrons. The molecule has 1 aromatic heterocycles. The number of nitrogens with two attached hydrogens (primary N) is 1. The average Bonchev–Trinajstić information content (AvgIpc) is 2.77. The van der Waals surface area contributed by atoms with Gasteiger partial charge in [-0.25, -0.2) is 9.97 Å². The zero-order valence-corrected chi connectivity index (χ0v) is 13.1. The van der Waals surface area contributed by atoms with Gasteiger partial charge in [0, 0.05) is 5.41 Å². The van der Waals surface area contributed by atoms with E-state index >= 15 is 0 Å². The Balaban J connectivity index is 0.00000200. The minimum Gasteiger partial charge on any atom is -0.322 e. The number of rotatable bonds is 2. The number of anilines is 1. The van der Waals surface area contributed by atoms with E-state index < -0.39 is 5.54 Å². The van der Waals surface area contributed by atoms with E-state index in [4.69, 9.17) is 5.73 Å². The molecule has 0 bridgehead atoms. The van der Waals surface area contributed by atoms with Crippen LogP contribution in [-0.2, 0) is 10.2 Å². The van der Waals surface area contributed by atoms with Gasteiger partial charge in [-0.05, 0) is 12.8 Å². The largest absolute Gasteiger partial charge is 0.322 e. The van der Waals surface area contributed by atoms with Gasteiger partial charge in [-0.3, -0.25) is 4.79 Å². The second-order valence-electron chi connectivity index (χ2n) is 6.36. The molecular formula is C14H23ClN4O. The Hall–Kier alpha value is -1.20. The Morgan fingerprint density at radius 2 is 1.75 bits per heavy atom. The highest BCUT2D eigenvalue weighted by molar-refractivity contribution is 5.97. The number of aromatic nitrogens is 2. The van der Waals surface area contributed by atoms with E-state index in [9.17, 15) is 4.79 Å². The first-order chi connectivity index (χ1) is 8.81. The third kappa shape index (κ3) is 3.67. The molecule has 5 nitrogen and oxygen atoms in total. The number of amides is 1. The highest BCUT2D eigenvalue weighted by Crippen LogP contribution is 2.28. The van der Waals surface area contributed by atoms with Gasteiger partial charge in [0.15, 0.2) is 0 Å². The number of hydrogen-bond acceptors (Lipinski definition) is 4. The van der Waals surface area contributed by atoms with Crippen molar-refractivity contribution in [1.29, 1.82) is 0 Å². The highest BCUT2D eigenvalue weighted by atomic mass is 35.5. The lowest BCUT2D eigenvalue weighted by atomic mass is 9.96. The van der Waals surface area contributed by atoms with E-state index in [0.717, 1.165) is 31.5 Å². The maximum atomic E-state index is 12.1. The molecule has 0 unspecified atom stereocenters. The molecule has 20 heavy (non-hydrogen) atoms. The van der Waals surface area contributed by atoms with E-state index in [2.05, 4.69) is 15.3 Å². The lowest BCUT2D eigenvalue weighted by molar-refractivity contribution is -0.121. The van der Waals surface area contributed by atoms with E-state index in [1.165, 1.54) is 0 Å². The van der Waals surface area contributed by atoms with Crippen LogP contribution < -0.4 is 11.1 Å². The normalized spacial score (nSPS) is 17.4. The van der Waals surface area contributed by atoms with Crippen molar-refractivity contribution in [2.24, 2.45) is 5.73 Å². The minimum atomic E-state index is -0.720. The Kier molecular flexibility index (Phi) is 5.10. The average molecular weight is 299 g/mol. The van der Waals surface area contributed by atoms with Crippen LogP contribution in [0.2, 0.25) is 0 Å². The molecule has 1 fully saturated rings. The van der Waals surface area contributed by atoms with E-state index in [0.29, 0.717) is 5.69 Å². The van der Waals surface area contributed by atoms with Gasteiger partial charge in [-0.15, -0.1) is 12.4 Å². The molecule has 1 heterocycles. The van der Waals surface area contributed by atoms with Crippen LogP contribution in [0, 0.1) is 0 Å². The number of nitrogens with zero attached hydrogens (tertiary/aromatic N) is 2. The number of hydrogen-bond donors (Lipinski definition) is 2. The molecule has 1 aliphatic rings. The third-order valence-corrected chi connectivity index (χ3v) is 3.53. The second-order valence-corrected chi connectivity index (χ2v) is 6.36. The summed E-state index contributed by atoms with van der Waals surface area (Å²) < 4.78 is 0. The smallest absolute Gasteiger partial charge is 0.244 e. The SMILES string of the molecule is CC(C)(C)c1ncc(NC(=O)C2(N)CCCC2)cn1.Cl. The first-order valence-corrected chi connectivity index (χ1v) is 6.74. The van der Waals surface area contributed by atoms with E-state index in [1.807, 2.05) is 20.8 Å². The van der Waals surface area contributed by atoms with Gasteiger partial charge < -0.3 is 11.1 Å². The van der Waals surface area contributed by atoms with Crippen LogP contribution in [-0.4, -0.2) is 21.4 Å². The Morgan fingerprint density at radius 3 is 2.20 bits per heavy atom. The topological polar surface area (TPSA) is 80.9 Å². The molecule has 0 aliphatic heterocycles. The summed E-state index contributed by atoms with van der Waals surface area (Å²) in [7, 11) is 0. The van der Waals surface area contributed by atoms with Gasteiger partial charge in [0.2, 0.25) is 5.91 Å². The van der Waals surface area contributed by atoms with Crippen molar-refractivity contribution in [3.05, 3.63) is 18.2 Å². The monoisotopic (exact) mass is 298 g/mol. The van der Waals surface area contributed by atoms with Crippen LogP contribution in [0.5, 0.6) is 0 Å². The summed E-state index contributed by atoms with van der Waals surface area (Å²) in [5.74, 6) is 0.630.